The normalized spacial score (nSPS) is 23.9. The minimum atomic E-state index is 0.212. The molecule has 0 radical (unpaired) electrons. The van der Waals surface area contributed by atoms with Gasteiger partial charge in [0.1, 0.15) is 0 Å². The highest BCUT2D eigenvalue weighted by atomic mass is 16.2. The van der Waals surface area contributed by atoms with E-state index in [1.54, 1.807) is 0 Å². The molecule has 1 saturated heterocycles. The topological polar surface area (TPSA) is 32.3 Å². The summed E-state index contributed by atoms with van der Waals surface area (Å²) in [6, 6.07) is 8.50. The molecule has 1 amide bonds. The standard InChI is InChI=1S/C15H20N2O/c18-15-14-7-2-1-5-12(14)8-10-17(15)11-13-6-3-4-9-16-13/h1-2,5,7,13,16H,3-4,6,8-11H2. The minimum Gasteiger partial charge on any atom is -0.337 e. The molecule has 0 saturated carbocycles. The van der Waals surface area contributed by atoms with Crippen LogP contribution in [0, 0.1) is 0 Å². The van der Waals surface area contributed by atoms with E-state index >= 15 is 0 Å². The second kappa shape index (κ2) is 5.11. The van der Waals surface area contributed by atoms with Gasteiger partial charge in [-0.15, -0.1) is 0 Å². The average Bonchev–Trinajstić information content (AvgIpc) is 2.43. The molecule has 0 aromatic heterocycles. The van der Waals surface area contributed by atoms with E-state index in [1.807, 2.05) is 23.1 Å². The van der Waals surface area contributed by atoms with E-state index in [2.05, 4.69) is 11.4 Å². The Morgan fingerprint density at radius 3 is 3.00 bits per heavy atom. The van der Waals surface area contributed by atoms with E-state index in [4.69, 9.17) is 0 Å². The number of nitrogens with zero attached hydrogens (tertiary/aromatic N) is 1. The zero-order valence-corrected chi connectivity index (χ0v) is 10.7. The van der Waals surface area contributed by atoms with E-state index < -0.39 is 0 Å². The van der Waals surface area contributed by atoms with E-state index in [0.29, 0.717) is 6.04 Å². The summed E-state index contributed by atoms with van der Waals surface area (Å²) in [4.78, 5) is 14.4. The molecule has 1 aromatic rings. The van der Waals surface area contributed by atoms with Crippen LogP contribution in [0.2, 0.25) is 0 Å². The van der Waals surface area contributed by atoms with E-state index in [0.717, 1.165) is 31.6 Å². The lowest BCUT2D eigenvalue weighted by molar-refractivity contribution is 0.0715. The first-order valence-electron chi connectivity index (χ1n) is 6.95. The predicted molar refractivity (Wildman–Crippen MR) is 71.7 cm³/mol. The molecule has 3 heteroatoms. The maximum Gasteiger partial charge on any atom is 0.254 e. The third kappa shape index (κ3) is 2.27. The number of rotatable bonds is 2. The summed E-state index contributed by atoms with van der Waals surface area (Å²) in [6.45, 7) is 2.84. The molecule has 3 rings (SSSR count). The third-order valence-corrected chi connectivity index (χ3v) is 4.04. The number of benzene rings is 1. The largest absolute Gasteiger partial charge is 0.337 e. The molecule has 2 aliphatic heterocycles. The lowest BCUT2D eigenvalue weighted by Gasteiger charge is -2.33. The molecule has 1 fully saturated rings. The van der Waals surface area contributed by atoms with Crippen LogP contribution in [0.15, 0.2) is 24.3 Å². The van der Waals surface area contributed by atoms with Gasteiger partial charge >= 0.3 is 0 Å². The van der Waals surface area contributed by atoms with Crippen molar-refractivity contribution in [1.29, 1.82) is 0 Å². The van der Waals surface area contributed by atoms with Crippen LogP contribution < -0.4 is 5.32 Å². The molecule has 1 aromatic carbocycles. The Morgan fingerprint density at radius 1 is 1.28 bits per heavy atom. The fourth-order valence-electron chi connectivity index (χ4n) is 2.99. The Morgan fingerprint density at radius 2 is 2.17 bits per heavy atom. The van der Waals surface area contributed by atoms with Gasteiger partial charge in [0.2, 0.25) is 0 Å². The number of carbonyl (C=O) groups is 1. The molecular weight excluding hydrogens is 224 g/mol. The van der Waals surface area contributed by atoms with Gasteiger partial charge < -0.3 is 10.2 Å². The molecule has 18 heavy (non-hydrogen) atoms. The van der Waals surface area contributed by atoms with Crippen molar-refractivity contribution in [3.8, 4) is 0 Å². The molecule has 96 valence electrons. The van der Waals surface area contributed by atoms with Gasteiger partial charge in [0, 0.05) is 24.7 Å². The van der Waals surface area contributed by atoms with Gasteiger partial charge in [0.25, 0.3) is 5.91 Å². The first-order valence-corrected chi connectivity index (χ1v) is 6.95. The van der Waals surface area contributed by atoms with Gasteiger partial charge in [0.15, 0.2) is 0 Å². The first kappa shape index (κ1) is 11.7. The monoisotopic (exact) mass is 244 g/mol. The number of amides is 1. The van der Waals surface area contributed by atoms with Crippen LogP contribution in [0.3, 0.4) is 0 Å². The van der Waals surface area contributed by atoms with Gasteiger partial charge in [0.05, 0.1) is 0 Å². The predicted octanol–water partition coefficient (Wildman–Crippen LogP) is 1.83. The SMILES string of the molecule is O=C1c2ccccc2CCN1CC1CCCCN1. The summed E-state index contributed by atoms with van der Waals surface area (Å²) in [5, 5.41) is 3.52. The zero-order chi connectivity index (χ0) is 12.4. The number of hydrogen-bond donors (Lipinski definition) is 1. The van der Waals surface area contributed by atoms with Crippen molar-refractivity contribution < 1.29 is 4.79 Å². The van der Waals surface area contributed by atoms with Crippen LogP contribution in [0.1, 0.15) is 35.2 Å². The molecule has 1 atom stereocenters. The first-order chi connectivity index (χ1) is 8.84. The fraction of sp³-hybridized carbons (Fsp3) is 0.533. The molecule has 1 N–H and O–H groups in total. The van der Waals surface area contributed by atoms with Crippen molar-refractivity contribution in [2.75, 3.05) is 19.6 Å². The summed E-state index contributed by atoms with van der Waals surface area (Å²) >= 11 is 0. The van der Waals surface area contributed by atoms with Crippen molar-refractivity contribution in [1.82, 2.24) is 10.2 Å². The second-order valence-corrected chi connectivity index (χ2v) is 5.31. The lowest BCUT2D eigenvalue weighted by atomic mass is 9.97. The fourth-order valence-corrected chi connectivity index (χ4v) is 2.99. The minimum absolute atomic E-state index is 0.212. The zero-order valence-electron chi connectivity index (χ0n) is 10.7. The highest BCUT2D eigenvalue weighted by molar-refractivity contribution is 5.96. The van der Waals surface area contributed by atoms with Crippen LogP contribution in [0.5, 0.6) is 0 Å². The molecule has 0 spiro atoms. The maximum absolute atomic E-state index is 12.4. The number of hydrogen-bond acceptors (Lipinski definition) is 2. The molecule has 0 bridgehead atoms. The van der Waals surface area contributed by atoms with Crippen LogP contribution >= 0.6 is 0 Å². The molecule has 0 aliphatic carbocycles. The highest BCUT2D eigenvalue weighted by Crippen LogP contribution is 2.19. The Hall–Kier alpha value is -1.35. The van der Waals surface area contributed by atoms with Crippen molar-refractivity contribution in [3.05, 3.63) is 35.4 Å². The summed E-state index contributed by atoms with van der Waals surface area (Å²) in [5.74, 6) is 0.212. The summed E-state index contributed by atoms with van der Waals surface area (Å²) in [7, 11) is 0. The van der Waals surface area contributed by atoms with E-state index in [9.17, 15) is 4.79 Å². The van der Waals surface area contributed by atoms with Crippen LogP contribution in [-0.2, 0) is 6.42 Å². The lowest BCUT2D eigenvalue weighted by Crippen LogP contribution is -2.48. The van der Waals surface area contributed by atoms with Gasteiger partial charge in [-0.25, -0.2) is 0 Å². The van der Waals surface area contributed by atoms with Crippen LogP contribution in [0.4, 0.5) is 0 Å². The van der Waals surface area contributed by atoms with Crippen LogP contribution in [0.25, 0.3) is 0 Å². The van der Waals surface area contributed by atoms with Gasteiger partial charge in [-0.05, 0) is 37.4 Å². The Bertz CT molecular complexity index is 438. The van der Waals surface area contributed by atoms with Crippen molar-refractivity contribution in [3.63, 3.8) is 0 Å². The molecule has 3 nitrogen and oxygen atoms in total. The molecule has 2 heterocycles. The molecular formula is C15H20N2O. The maximum atomic E-state index is 12.4. The van der Waals surface area contributed by atoms with Gasteiger partial charge in [-0.3, -0.25) is 4.79 Å². The number of carbonyl (C=O) groups excluding carboxylic acids is 1. The van der Waals surface area contributed by atoms with E-state index in [1.165, 1.54) is 24.8 Å². The molecule has 1 unspecified atom stereocenters. The molecule has 2 aliphatic rings. The van der Waals surface area contributed by atoms with Crippen molar-refractivity contribution in [2.24, 2.45) is 0 Å². The third-order valence-electron chi connectivity index (χ3n) is 4.04. The number of fused-ring (bicyclic) bond motifs is 1. The van der Waals surface area contributed by atoms with Gasteiger partial charge in [-0.1, -0.05) is 24.6 Å². The van der Waals surface area contributed by atoms with Crippen molar-refractivity contribution >= 4 is 5.91 Å². The summed E-state index contributed by atoms with van der Waals surface area (Å²) in [6.07, 6.45) is 4.75. The highest BCUT2D eigenvalue weighted by Gasteiger charge is 2.26. The quantitative estimate of drug-likeness (QED) is 0.860. The number of nitrogens with one attached hydrogen (secondary N) is 1. The van der Waals surface area contributed by atoms with E-state index in [-0.39, 0.29) is 5.91 Å². The smallest absolute Gasteiger partial charge is 0.254 e. The Kier molecular flexibility index (Phi) is 3.33. The Balaban J connectivity index is 1.70. The second-order valence-electron chi connectivity index (χ2n) is 5.31. The Labute approximate surface area is 108 Å². The summed E-state index contributed by atoms with van der Waals surface area (Å²) < 4.78 is 0. The average molecular weight is 244 g/mol. The van der Waals surface area contributed by atoms with Crippen molar-refractivity contribution in [2.45, 2.75) is 31.7 Å². The van der Waals surface area contributed by atoms with Gasteiger partial charge in [-0.2, -0.15) is 0 Å². The summed E-state index contributed by atoms with van der Waals surface area (Å²) in [5.41, 5.74) is 2.11. The number of piperidine rings is 1. The van der Waals surface area contributed by atoms with Crippen LogP contribution in [-0.4, -0.2) is 36.5 Å².